The predicted octanol–water partition coefficient (Wildman–Crippen LogP) is 3.20. The Hall–Kier alpha value is -0.540. The van der Waals surface area contributed by atoms with E-state index >= 15 is 0 Å². The van der Waals surface area contributed by atoms with Gasteiger partial charge in [0.15, 0.2) is 0 Å². The van der Waals surface area contributed by atoms with Gasteiger partial charge in [-0.25, -0.2) is 8.78 Å². The van der Waals surface area contributed by atoms with Crippen molar-refractivity contribution >= 4 is 0 Å². The summed E-state index contributed by atoms with van der Waals surface area (Å²) in [5, 5.41) is 0. The minimum absolute atomic E-state index is 0.587. The second kappa shape index (κ2) is 3.03. The quantitative estimate of drug-likeness (QED) is 0.538. The first-order chi connectivity index (χ1) is 4.41. The monoisotopic (exact) mass is 156 g/mol. The number of alkyl halides is 2. The Morgan fingerprint density at radius 1 is 1.30 bits per heavy atom. The molecule has 0 aliphatic carbocycles. The molecule has 0 spiro atoms. The zero-order chi connectivity index (χ0) is 8.36. The van der Waals surface area contributed by atoms with Crippen molar-refractivity contribution in [2.24, 2.45) is 0 Å². The highest BCUT2D eigenvalue weighted by Gasteiger charge is 2.31. The van der Waals surface area contributed by atoms with Crippen molar-refractivity contribution in [3.63, 3.8) is 0 Å². The van der Waals surface area contributed by atoms with Crippen molar-refractivity contribution < 1.29 is 17.6 Å². The van der Waals surface area contributed by atoms with Crippen LogP contribution in [0, 0.1) is 0 Å². The normalized spacial score (nSPS) is 11.4. The molecule has 0 aromatic rings. The molecule has 0 unspecified atom stereocenters. The molecule has 0 amide bonds. The van der Waals surface area contributed by atoms with Gasteiger partial charge in [0.05, 0.1) is 5.57 Å². The molecule has 0 fully saturated rings. The van der Waals surface area contributed by atoms with Crippen molar-refractivity contribution in [1.29, 1.82) is 0 Å². The van der Waals surface area contributed by atoms with Crippen molar-refractivity contribution in [2.45, 2.75) is 26.2 Å². The summed E-state index contributed by atoms with van der Waals surface area (Å²) in [6, 6.07) is 0. The van der Waals surface area contributed by atoms with Crippen molar-refractivity contribution in [3.05, 3.63) is 11.7 Å². The molecule has 60 valence electrons. The summed E-state index contributed by atoms with van der Waals surface area (Å²) in [5.41, 5.74) is -1.13. The molecule has 0 heterocycles. The van der Waals surface area contributed by atoms with E-state index in [0.717, 1.165) is 13.8 Å². The molecule has 0 aliphatic heterocycles. The molecular weight excluding hydrogens is 148 g/mol. The van der Waals surface area contributed by atoms with E-state index in [1.807, 2.05) is 0 Å². The van der Waals surface area contributed by atoms with Gasteiger partial charge in [0, 0.05) is 6.42 Å². The average Bonchev–Trinajstić information content (AvgIpc) is 1.86. The molecule has 0 atom stereocenters. The van der Waals surface area contributed by atoms with Crippen molar-refractivity contribution in [3.8, 4) is 0 Å². The summed E-state index contributed by atoms with van der Waals surface area (Å²) < 4.78 is 47.5. The average molecular weight is 156 g/mol. The minimum atomic E-state index is -3.35. The Labute approximate surface area is 56.5 Å². The van der Waals surface area contributed by atoms with Crippen LogP contribution >= 0.6 is 0 Å². The Morgan fingerprint density at radius 3 is 1.80 bits per heavy atom. The van der Waals surface area contributed by atoms with Crippen LogP contribution in [0.3, 0.4) is 0 Å². The Kier molecular flexibility index (Phi) is 2.87. The van der Waals surface area contributed by atoms with Crippen molar-refractivity contribution in [1.82, 2.24) is 0 Å². The number of hydrogen-bond donors (Lipinski definition) is 0. The second-order valence-electron chi connectivity index (χ2n) is 1.94. The summed E-state index contributed by atoms with van der Waals surface area (Å²) in [6.07, 6.45) is -2.87. The maximum atomic E-state index is 12.3. The smallest absolute Gasteiger partial charge is 0.202 e. The molecule has 0 aromatic carbocycles. The SMILES string of the molecule is CCC(F)(F)C(C)=C(F)F. The van der Waals surface area contributed by atoms with E-state index in [-0.39, 0.29) is 0 Å². The Morgan fingerprint density at radius 2 is 1.70 bits per heavy atom. The third-order valence-electron chi connectivity index (χ3n) is 1.28. The standard InChI is InChI=1S/C6H8F4/c1-3-6(9,10)4(2)5(7)8/h3H2,1-2H3. The third kappa shape index (κ3) is 2.01. The Balaban J connectivity index is 4.49. The molecule has 0 bridgehead atoms. The molecule has 0 N–H and O–H groups in total. The molecule has 0 rings (SSSR count). The van der Waals surface area contributed by atoms with Crippen LogP contribution in [-0.4, -0.2) is 5.92 Å². The fourth-order valence-corrected chi connectivity index (χ4v) is 0.403. The lowest BCUT2D eigenvalue weighted by Crippen LogP contribution is -2.16. The maximum absolute atomic E-state index is 12.3. The lowest BCUT2D eigenvalue weighted by molar-refractivity contribution is 0.0320. The van der Waals surface area contributed by atoms with Crippen LogP contribution in [0.4, 0.5) is 17.6 Å². The van der Waals surface area contributed by atoms with Crippen LogP contribution in [0.5, 0.6) is 0 Å². The number of hydrogen-bond acceptors (Lipinski definition) is 0. The van der Waals surface area contributed by atoms with Gasteiger partial charge in [-0.15, -0.1) is 0 Å². The molecule has 0 saturated heterocycles. The van der Waals surface area contributed by atoms with E-state index in [0.29, 0.717) is 0 Å². The van der Waals surface area contributed by atoms with E-state index in [2.05, 4.69) is 0 Å². The van der Waals surface area contributed by atoms with Gasteiger partial charge in [-0.1, -0.05) is 6.92 Å². The molecular formula is C6H8F4. The van der Waals surface area contributed by atoms with Crippen LogP contribution in [0.2, 0.25) is 0 Å². The lowest BCUT2D eigenvalue weighted by atomic mass is 10.1. The highest BCUT2D eigenvalue weighted by atomic mass is 19.3. The van der Waals surface area contributed by atoms with Crippen molar-refractivity contribution in [2.75, 3.05) is 0 Å². The summed E-state index contributed by atoms with van der Waals surface area (Å²) in [7, 11) is 0. The number of allylic oxidation sites excluding steroid dienone is 1. The van der Waals surface area contributed by atoms with Gasteiger partial charge in [-0.2, -0.15) is 8.78 Å². The zero-order valence-corrected chi connectivity index (χ0v) is 5.72. The largest absolute Gasteiger partial charge is 0.275 e. The fourth-order valence-electron chi connectivity index (χ4n) is 0.403. The van der Waals surface area contributed by atoms with E-state index in [9.17, 15) is 17.6 Å². The van der Waals surface area contributed by atoms with Gasteiger partial charge in [0.1, 0.15) is 0 Å². The molecule has 0 saturated carbocycles. The summed E-state index contributed by atoms with van der Waals surface area (Å²) in [6.45, 7) is 1.89. The first-order valence-corrected chi connectivity index (χ1v) is 2.82. The first-order valence-electron chi connectivity index (χ1n) is 2.82. The third-order valence-corrected chi connectivity index (χ3v) is 1.28. The fraction of sp³-hybridized carbons (Fsp3) is 0.667. The molecule has 0 radical (unpaired) electrons. The second-order valence-corrected chi connectivity index (χ2v) is 1.94. The highest BCUT2D eigenvalue weighted by molar-refractivity contribution is 5.09. The minimum Gasteiger partial charge on any atom is -0.202 e. The van der Waals surface area contributed by atoms with Crippen LogP contribution in [-0.2, 0) is 0 Å². The zero-order valence-electron chi connectivity index (χ0n) is 5.72. The van der Waals surface area contributed by atoms with Gasteiger partial charge >= 0.3 is 0 Å². The number of halogens is 4. The first kappa shape index (κ1) is 9.46. The van der Waals surface area contributed by atoms with E-state index in [1.165, 1.54) is 0 Å². The van der Waals surface area contributed by atoms with Crippen LogP contribution in [0.25, 0.3) is 0 Å². The van der Waals surface area contributed by atoms with Gasteiger partial charge in [0.25, 0.3) is 12.0 Å². The van der Waals surface area contributed by atoms with E-state index in [4.69, 9.17) is 0 Å². The van der Waals surface area contributed by atoms with Gasteiger partial charge in [-0.05, 0) is 6.92 Å². The Bertz CT molecular complexity index is 144. The van der Waals surface area contributed by atoms with E-state index in [1.54, 1.807) is 0 Å². The molecule has 10 heavy (non-hydrogen) atoms. The highest BCUT2D eigenvalue weighted by Crippen LogP contribution is 2.30. The number of rotatable bonds is 2. The topological polar surface area (TPSA) is 0 Å². The summed E-state index contributed by atoms with van der Waals surface area (Å²) >= 11 is 0. The van der Waals surface area contributed by atoms with Gasteiger partial charge in [0.2, 0.25) is 0 Å². The summed E-state index contributed by atoms with van der Waals surface area (Å²) in [4.78, 5) is 0. The van der Waals surface area contributed by atoms with Gasteiger partial charge in [-0.3, -0.25) is 0 Å². The molecule has 4 heteroatoms. The maximum Gasteiger partial charge on any atom is 0.275 e. The van der Waals surface area contributed by atoms with Gasteiger partial charge < -0.3 is 0 Å². The molecule has 0 aliphatic rings. The van der Waals surface area contributed by atoms with E-state index < -0.39 is 24.0 Å². The van der Waals surface area contributed by atoms with Crippen LogP contribution < -0.4 is 0 Å². The molecule has 0 aromatic heterocycles. The summed E-state index contributed by atoms with van der Waals surface area (Å²) in [5.74, 6) is -3.35. The lowest BCUT2D eigenvalue weighted by Gasteiger charge is -2.12. The molecule has 0 nitrogen and oxygen atoms in total. The van der Waals surface area contributed by atoms with Crippen LogP contribution in [0.15, 0.2) is 11.7 Å². The predicted molar refractivity (Wildman–Crippen MR) is 30.2 cm³/mol. The van der Waals surface area contributed by atoms with Crippen LogP contribution in [0.1, 0.15) is 20.3 Å².